The second-order valence-corrected chi connectivity index (χ2v) is 22.7. The van der Waals surface area contributed by atoms with Gasteiger partial charge in [-0.1, -0.05) is 311 Å². The monoisotopic (exact) mass is 1110 g/mol. The molecule has 0 heterocycles. The van der Waals surface area contributed by atoms with Crippen molar-refractivity contribution in [1.29, 1.82) is 0 Å². The average molecular weight is 1110 g/mol. The minimum Gasteiger partial charge on any atom is -0.462 e. The molecule has 0 bridgehead atoms. The van der Waals surface area contributed by atoms with Gasteiger partial charge in [-0.15, -0.1) is 0 Å². The standard InChI is InChI=1S/C74H128O6/c1-4-7-10-13-16-19-22-24-26-28-30-32-34-35-36-37-38-39-41-42-44-46-48-50-52-55-58-61-64-67-73(76)79-70-71(69-78-72(75)66-63-60-57-54-21-18-15-12-9-6-3)80-74(77)68-65-62-59-56-53-51-49-47-45-43-40-33-31-29-27-25-23-20-17-14-11-8-5-2/h7,10,16,19,24,26,29-32,35-36,38-39,42,44,71H,4-6,8-9,11-15,17-18,20-23,25,27-28,33-34,37,40-41,43,45-70H2,1-3H3/b10-7-,19-16-,26-24-,31-29-,32-30-,36-35-,39-38-,44-42-. The Bertz CT molecular complexity index is 1560. The molecule has 0 aromatic rings. The Morgan fingerprint density at radius 3 is 0.775 bits per heavy atom. The first kappa shape index (κ1) is 76.3. The van der Waals surface area contributed by atoms with Crippen LogP contribution in [0, 0.1) is 0 Å². The first-order valence-corrected chi connectivity index (χ1v) is 34.2. The molecule has 0 spiro atoms. The summed E-state index contributed by atoms with van der Waals surface area (Å²) in [6, 6.07) is 0. The first-order chi connectivity index (χ1) is 39.5. The molecular formula is C74H128O6. The van der Waals surface area contributed by atoms with Crippen molar-refractivity contribution in [2.75, 3.05) is 13.2 Å². The van der Waals surface area contributed by atoms with Crippen molar-refractivity contribution >= 4 is 17.9 Å². The summed E-state index contributed by atoms with van der Waals surface area (Å²) in [5.41, 5.74) is 0. The predicted octanol–water partition coefficient (Wildman–Crippen LogP) is 23.6. The molecule has 0 aliphatic carbocycles. The Kier molecular flexibility index (Phi) is 64.7. The third-order valence-corrected chi connectivity index (χ3v) is 14.8. The number of esters is 3. The fraction of sp³-hybridized carbons (Fsp3) is 0.743. The highest BCUT2D eigenvalue weighted by Crippen LogP contribution is 2.17. The lowest BCUT2D eigenvalue weighted by atomic mass is 10.0. The van der Waals surface area contributed by atoms with E-state index in [2.05, 4.69) is 118 Å². The largest absolute Gasteiger partial charge is 0.462 e. The molecule has 460 valence electrons. The number of allylic oxidation sites excluding steroid dienone is 16. The fourth-order valence-corrected chi connectivity index (χ4v) is 9.71. The Morgan fingerprint density at radius 2 is 0.487 bits per heavy atom. The van der Waals surface area contributed by atoms with Crippen molar-refractivity contribution in [2.45, 2.75) is 341 Å². The van der Waals surface area contributed by atoms with E-state index in [-0.39, 0.29) is 31.1 Å². The van der Waals surface area contributed by atoms with E-state index in [1.54, 1.807) is 0 Å². The number of hydrogen-bond acceptors (Lipinski definition) is 6. The summed E-state index contributed by atoms with van der Waals surface area (Å²) >= 11 is 0. The van der Waals surface area contributed by atoms with Gasteiger partial charge in [0.25, 0.3) is 0 Å². The van der Waals surface area contributed by atoms with Gasteiger partial charge >= 0.3 is 17.9 Å². The van der Waals surface area contributed by atoms with Gasteiger partial charge < -0.3 is 14.2 Å². The molecule has 1 unspecified atom stereocenters. The number of ether oxygens (including phenoxy) is 3. The number of hydrogen-bond donors (Lipinski definition) is 0. The summed E-state index contributed by atoms with van der Waals surface area (Å²) in [5.74, 6) is -0.879. The number of carbonyl (C=O) groups excluding carboxylic acids is 3. The van der Waals surface area contributed by atoms with Gasteiger partial charge in [0.05, 0.1) is 0 Å². The highest BCUT2D eigenvalue weighted by atomic mass is 16.6. The molecule has 0 N–H and O–H groups in total. The molecule has 80 heavy (non-hydrogen) atoms. The molecule has 6 heteroatoms. The molecule has 1 atom stereocenters. The van der Waals surface area contributed by atoms with Gasteiger partial charge in [0.15, 0.2) is 6.10 Å². The quantitative estimate of drug-likeness (QED) is 0.0261. The van der Waals surface area contributed by atoms with Crippen LogP contribution in [0.1, 0.15) is 335 Å². The maximum atomic E-state index is 12.9. The van der Waals surface area contributed by atoms with E-state index in [9.17, 15) is 14.4 Å². The highest BCUT2D eigenvalue weighted by Gasteiger charge is 2.19. The zero-order valence-corrected chi connectivity index (χ0v) is 52.8. The van der Waals surface area contributed by atoms with Crippen LogP contribution in [-0.2, 0) is 28.6 Å². The van der Waals surface area contributed by atoms with Crippen LogP contribution in [-0.4, -0.2) is 37.2 Å². The van der Waals surface area contributed by atoms with Crippen molar-refractivity contribution in [3.63, 3.8) is 0 Å². The van der Waals surface area contributed by atoms with Gasteiger partial charge in [-0.05, 0) is 103 Å². The smallest absolute Gasteiger partial charge is 0.306 e. The second kappa shape index (κ2) is 67.8. The Hall–Kier alpha value is -3.67. The van der Waals surface area contributed by atoms with Gasteiger partial charge in [-0.3, -0.25) is 14.4 Å². The SMILES string of the molecule is CC/C=C\C/C=C\C/C=C\C/C=C\C/C=C\C/C=C\C/C=C\CCCCCCCCCC(=O)OCC(COC(=O)CCCCCCCCCCCC)OC(=O)CCCCCCCCCCCCC/C=C\CCCCCCCCCC. The maximum Gasteiger partial charge on any atom is 0.306 e. The van der Waals surface area contributed by atoms with E-state index >= 15 is 0 Å². The Morgan fingerprint density at radius 1 is 0.263 bits per heavy atom. The summed E-state index contributed by atoms with van der Waals surface area (Å²) in [7, 11) is 0. The lowest BCUT2D eigenvalue weighted by molar-refractivity contribution is -0.167. The van der Waals surface area contributed by atoms with Crippen molar-refractivity contribution in [3.8, 4) is 0 Å². The highest BCUT2D eigenvalue weighted by molar-refractivity contribution is 5.71. The normalized spacial score (nSPS) is 12.7. The zero-order valence-electron chi connectivity index (χ0n) is 52.8. The van der Waals surface area contributed by atoms with E-state index in [1.807, 2.05) is 0 Å². The van der Waals surface area contributed by atoms with Crippen molar-refractivity contribution in [1.82, 2.24) is 0 Å². The summed E-state index contributed by atoms with van der Waals surface area (Å²) in [6.45, 7) is 6.54. The van der Waals surface area contributed by atoms with Gasteiger partial charge in [-0.2, -0.15) is 0 Å². The average Bonchev–Trinajstić information content (AvgIpc) is 3.46. The minimum absolute atomic E-state index is 0.0780. The summed E-state index contributed by atoms with van der Waals surface area (Å²) in [6.07, 6.45) is 91.4. The zero-order chi connectivity index (χ0) is 57.8. The molecule has 0 aliphatic heterocycles. The van der Waals surface area contributed by atoms with Gasteiger partial charge in [-0.25, -0.2) is 0 Å². The summed E-state index contributed by atoms with van der Waals surface area (Å²) in [5, 5.41) is 0. The van der Waals surface area contributed by atoms with Gasteiger partial charge in [0, 0.05) is 19.3 Å². The molecule has 0 aromatic carbocycles. The van der Waals surface area contributed by atoms with Crippen molar-refractivity contribution in [2.24, 2.45) is 0 Å². The molecule has 6 nitrogen and oxygen atoms in total. The van der Waals surface area contributed by atoms with E-state index in [0.29, 0.717) is 19.3 Å². The lowest BCUT2D eigenvalue weighted by Gasteiger charge is -2.18. The molecule has 0 rings (SSSR count). The van der Waals surface area contributed by atoms with E-state index in [0.717, 1.165) is 109 Å². The van der Waals surface area contributed by atoms with Crippen molar-refractivity contribution in [3.05, 3.63) is 97.2 Å². The molecule has 0 aromatic heterocycles. The molecule has 0 amide bonds. The van der Waals surface area contributed by atoms with E-state index in [4.69, 9.17) is 14.2 Å². The number of rotatable bonds is 62. The molecule has 0 radical (unpaired) electrons. The number of unbranched alkanes of at least 4 members (excludes halogenated alkanes) is 35. The van der Waals surface area contributed by atoms with Gasteiger partial charge in [0.1, 0.15) is 13.2 Å². The van der Waals surface area contributed by atoms with E-state index < -0.39 is 6.10 Å². The van der Waals surface area contributed by atoms with Gasteiger partial charge in [0.2, 0.25) is 0 Å². The predicted molar refractivity (Wildman–Crippen MR) is 348 cm³/mol. The fourth-order valence-electron chi connectivity index (χ4n) is 9.71. The van der Waals surface area contributed by atoms with Crippen molar-refractivity contribution < 1.29 is 28.6 Å². The lowest BCUT2D eigenvalue weighted by Crippen LogP contribution is -2.30. The second-order valence-electron chi connectivity index (χ2n) is 22.7. The Labute approximate surface area is 496 Å². The Balaban J connectivity index is 4.25. The third-order valence-electron chi connectivity index (χ3n) is 14.8. The van der Waals surface area contributed by atoms with Crippen LogP contribution in [0.2, 0.25) is 0 Å². The van der Waals surface area contributed by atoms with Crippen LogP contribution in [0.4, 0.5) is 0 Å². The van der Waals surface area contributed by atoms with Crippen LogP contribution in [0.3, 0.4) is 0 Å². The van der Waals surface area contributed by atoms with E-state index in [1.165, 1.54) is 186 Å². The maximum absolute atomic E-state index is 12.9. The van der Waals surface area contributed by atoms with Crippen LogP contribution < -0.4 is 0 Å². The summed E-state index contributed by atoms with van der Waals surface area (Å²) < 4.78 is 16.9. The topological polar surface area (TPSA) is 78.9 Å². The molecule has 0 saturated heterocycles. The number of carbonyl (C=O) groups is 3. The van der Waals surface area contributed by atoms with Crippen LogP contribution in [0.5, 0.6) is 0 Å². The third kappa shape index (κ3) is 65.1. The minimum atomic E-state index is -0.782. The summed E-state index contributed by atoms with van der Waals surface area (Å²) in [4.78, 5) is 38.3. The molecular weight excluding hydrogens is 985 g/mol. The van der Waals surface area contributed by atoms with Crippen LogP contribution in [0.25, 0.3) is 0 Å². The van der Waals surface area contributed by atoms with Crippen LogP contribution in [0.15, 0.2) is 97.2 Å². The molecule has 0 aliphatic rings. The molecule has 0 fully saturated rings. The van der Waals surface area contributed by atoms with Crippen LogP contribution >= 0.6 is 0 Å². The first-order valence-electron chi connectivity index (χ1n) is 34.2. The molecule has 0 saturated carbocycles.